The third-order valence-electron chi connectivity index (χ3n) is 4.87. The third kappa shape index (κ3) is 4.40. The number of rotatable bonds is 7. The van der Waals surface area contributed by atoms with Crippen molar-refractivity contribution in [3.8, 4) is 11.5 Å². The first-order valence-corrected chi connectivity index (χ1v) is 9.02. The summed E-state index contributed by atoms with van der Waals surface area (Å²) < 4.78 is 10.8. The second-order valence-corrected chi connectivity index (χ2v) is 6.59. The van der Waals surface area contributed by atoms with E-state index in [1.165, 1.54) is 24.3 Å². The van der Waals surface area contributed by atoms with Crippen LogP contribution in [-0.4, -0.2) is 43.0 Å². The lowest BCUT2D eigenvalue weighted by atomic mass is 10.0. The molecule has 0 aromatic heterocycles. The van der Waals surface area contributed by atoms with Crippen molar-refractivity contribution in [1.29, 1.82) is 0 Å². The number of hydrogen-bond donors (Lipinski definition) is 1. The Morgan fingerprint density at radius 2 is 1.96 bits per heavy atom. The van der Waals surface area contributed by atoms with Crippen LogP contribution in [0.1, 0.15) is 24.4 Å². The van der Waals surface area contributed by atoms with Crippen molar-refractivity contribution >= 4 is 17.3 Å². The van der Waals surface area contributed by atoms with Gasteiger partial charge in [-0.15, -0.1) is 0 Å². The van der Waals surface area contributed by atoms with Gasteiger partial charge in [-0.25, -0.2) is 0 Å². The van der Waals surface area contributed by atoms with E-state index in [4.69, 9.17) is 9.47 Å². The number of nitro benzene ring substituents is 1. The van der Waals surface area contributed by atoms with Gasteiger partial charge in [-0.05, 0) is 49.7 Å². The fourth-order valence-electron chi connectivity index (χ4n) is 3.52. The van der Waals surface area contributed by atoms with Gasteiger partial charge in [-0.2, -0.15) is 0 Å². The second kappa shape index (κ2) is 8.71. The van der Waals surface area contributed by atoms with E-state index >= 15 is 0 Å². The van der Waals surface area contributed by atoms with Gasteiger partial charge in [0.1, 0.15) is 11.5 Å². The van der Waals surface area contributed by atoms with E-state index in [9.17, 15) is 14.9 Å². The molecule has 148 valence electrons. The van der Waals surface area contributed by atoms with Crippen LogP contribution < -0.4 is 14.8 Å². The minimum absolute atomic E-state index is 0.0114. The van der Waals surface area contributed by atoms with Gasteiger partial charge in [-0.1, -0.05) is 0 Å². The lowest BCUT2D eigenvalue weighted by molar-refractivity contribution is -0.384. The van der Waals surface area contributed by atoms with E-state index < -0.39 is 4.92 Å². The van der Waals surface area contributed by atoms with E-state index in [2.05, 4.69) is 10.2 Å². The molecule has 1 N–H and O–H groups in total. The zero-order chi connectivity index (χ0) is 20.1. The number of nitro groups is 1. The minimum Gasteiger partial charge on any atom is -0.497 e. The van der Waals surface area contributed by atoms with E-state index in [1.807, 2.05) is 18.2 Å². The normalized spacial score (nSPS) is 16.6. The molecule has 0 radical (unpaired) electrons. The Balaban J connectivity index is 1.69. The van der Waals surface area contributed by atoms with Crippen LogP contribution in [0.25, 0.3) is 0 Å². The highest BCUT2D eigenvalue weighted by molar-refractivity contribution is 5.92. The van der Waals surface area contributed by atoms with E-state index in [1.54, 1.807) is 14.2 Å². The topological polar surface area (TPSA) is 93.9 Å². The summed E-state index contributed by atoms with van der Waals surface area (Å²) in [5.41, 5.74) is 1.52. The first-order chi connectivity index (χ1) is 13.5. The van der Waals surface area contributed by atoms with Gasteiger partial charge in [0.05, 0.1) is 25.7 Å². The molecule has 2 aromatic carbocycles. The van der Waals surface area contributed by atoms with E-state index in [0.717, 1.165) is 36.4 Å². The fraction of sp³-hybridized carbons (Fsp3) is 0.350. The number of non-ortho nitro benzene ring substituents is 1. The van der Waals surface area contributed by atoms with Crippen LogP contribution in [0.4, 0.5) is 11.4 Å². The molecule has 0 bridgehead atoms. The number of amides is 1. The second-order valence-electron chi connectivity index (χ2n) is 6.59. The Hall–Kier alpha value is -3.13. The van der Waals surface area contributed by atoms with Crippen LogP contribution in [-0.2, 0) is 4.79 Å². The van der Waals surface area contributed by atoms with Gasteiger partial charge < -0.3 is 14.8 Å². The maximum absolute atomic E-state index is 12.5. The SMILES string of the molecule is COc1ccc(OC)c([C@H]2CCCN2CC(=O)Nc2ccc([N+](=O)[O-])cc2)c1. The first-order valence-electron chi connectivity index (χ1n) is 9.02. The van der Waals surface area contributed by atoms with Crippen LogP contribution in [0.3, 0.4) is 0 Å². The zero-order valence-electron chi connectivity index (χ0n) is 15.9. The monoisotopic (exact) mass is 385 g/mol. The molecule has 1 heterocycles. The van der Waals surface area contributed by atoms with Crippen LogP contribution in [0, 0.1) is 10.1 Å². The number of anilines is 1. The molecule has 1 saturated heterocycles. The zero-order valence-corrected chi connectivity index (χ0v) is 15.9. The number of carbonyl (C=O) groups is 1. The summed E-state index contributed by atoms with van der Waals surface area (Å²) in [7, 11) is 3.25. The highest BCUT2D eigenvalue weighted by atomic mass is 16.6. The van der Waals surface area contributed by atoms with Gasteiger partial charge in [0, 0.05) is 29.4 Å². The number of likely N-dealkylation sites (tertiary alicyclic amines) is 1. The van der Waals surface area contributed by atoms with Crippen molar-refractivity contribution in [2.45, 2.75) is 18.9 Å². The van der Waals surface area contributed by atoms with Crippen molar-refractivity contribution in [3.05, 3.63) is 58.1 Å². The Labute approximate surface area is 163 Å². The van der Waals surface area contributed by atoms with Gasteiger partial charge in [-0.3, -0.25) is 19.8 Å². The number of nitrogens with one attached hydrogen (secondary N) is 1. The maximum atomic E-state index is 12.5. The molecule has 8 heteroatoms. The van der Waals surface area contributed by atoms with Crippen molar-refractivity contribution in [1.82, 2.24) is 4.90 Å². The quantitative estimate of drug-likeness (QED) is 0.580. The minimum atomic E-state index is -0.470. The van der Waals surface area contributed by atoms with Crippen molar-refractivity contribution in [3.63, 3.8) is 0 Å². The standard InChI is InChI=1S/C20H23N3O5/c1-27-16-9-10-19(28-2)17(12-16)18-4-3-11-22(18)13-20(24)21-14-5-7-15(8-6-14)23(25)26/h5-10,12,18H,3-4,11,13H2,1-2H3,(H,21,24)/t18-/m1/s1. The summed E-state index contributed by atoms with van der Waals surface area (Å²) in [4.78, 5) is 24.9. The van der Waals surface area contributed by atoms with Gasteiger partial charge in [0.2, 0.25) is 5.91 Å². The molecule has 28 heavy (non-hydrogen) atoms. The van der Waals surface area contributed by atoms with E-state index in [-0.39, 0.29) is 24.2 Å². The molecule has 3 rings (SSSR count). The number of methoxy groups -OCH3 is 2. The largest absolute Gasteiger partial charge is 0.497 e. The fourth-order valence-corrected chi connectivity index (χ4v) is 3.52. The molecule has 1 fully saturated rings. The number of carbonyl (C=O) groups excluding carboxylic acids is 1. The van der Waals surface area contributed by atoms with Gasteiger partial charge in [0.15, 0.2) is 0 Å². The van der Waals surface area contributed by atoms with E-state index in [0.29, 0.717) is 5.69 Å². The van der Waals surface area contributed by atoms with Gasteiger partial charge in [0.25, 0.3) is 5.69 Å². The summed E-state index contributed by atoms with van der Waals surface area (Å²) in [5.74, 6) is 1.36. The molecular weight excluding hydrogens is 362 g/mol. The molecule has 0 unspecified atom stereocenters. The molecule has 0 saturated carbocycles. The van der Waals surface area contributed by atoms with Crippen molar-refractivity contribution in [2.24, 2.45) is 0 Å². The average Bonchev–Trinajstić information content (AvgIpc) is 3.15. The predicted molar refractivity (Wildman–Crippen MR) is 105 cm³/mol. The molecule has 0 aliphatic carbocycles. The highest BCUT2D eigenvalue weighted by Gasteiger charge is 2.30. The first kappa shape index (κ1) is 19.6. The highest BCUT2D eigenvalue weighted by Crippen LogP contribution is 2.38. The number of hydrogen-bond acceptors (Lipinski definition) is 6. The number of benzene rings is 2. The third-order valence-corrected chi connectivity index (χ3v) is 4.87. The Kier molecular flexibility index (Phi) is 6.10. The smallest absolute Gasteiger partial charge is 0.269 e. The van der Waals surface area contributed by atoms with Crippen LogP contribution in [0.2, 0.25) is 0 Å². The molecule has 8 nitrogen and oxygen atoms in total. The Morgan fingerprint density at radius 3 is 2.61 bits per heavy atom. The van der Waals surface area contributed by atoms with Crippen LogP contribution in [0.15, 0.2) is 42.5 Å². The summed E-state index contributed by atoms with van der Waals surface area (Å²) in [6.45, 7) is 1.03. The molecule has 1 amide bonds. The summed E-state index contributed by atoms with van der Waals surface area (Å²) in [6, 6.07) is 11.5. The average molecular weight is 385 g/mol. The van der Waals surface area contributed by atoms with Crippen molar-refractivity contribution < 1.29 is 19.2 Å². The number of ether oxygens (including phenoxy) is 2. The Bertz CT molecular complexity index is 853. The van der Waals surface area contributed by atoms with Crippen LogP contribution in [0.5, 0.6) is 11.5 Å². The van der Waals surface area contributed by atoms with Gasteiger partial charge >= 0.3 is 0 Å². The molecular formula is C20H23N3O5. The predicted octanol–water partition coefficient (Wildman–Crippen LogP) is 3.39. The molecule has 2 aromatic rings. The molecule has 1 aliphatic rings. The Morgan fingerprint density at radius 1 is 1.21 bits per heavy atom. The maximum Gasteiger partial charge on any atom is 0.269 e. The molecule has 0 spiro atoms. The number of nitrogens with zero attached hydrogens (tertiary/aromatic N) is 2. The van der Waals surface area contributed by atoms with Crippen LogP contribution >= 0.6 is 0 Å². The lowest BCUT2D eigenvalue weighted by Gasteiger charge is -2.26. The van der Waals surface area contributed by atoms with Crippen molar-refractivity contribution in [2.75, 3.05) is 32.6 Å². The molecule has 1 atom stereocenters. The summed E-state index contributed by atoms with van der Waals surface area (Å²) in [5, 5.41) is 13.5. The molecule has 1 aliphatic heterocycles. The lowest BCUT2D eigenvalue weighted by Crippen LogP contribution is -2.33. The summed E-state index contributed by atoms with van der Waals surface area (Å²) >= 11 is 0. The summed E-state index contributed by atoms with van der Waals surface area (Å²) in [6.07, 6.45) is 1.91.